The van der Waals surface area contributed by atoms with Gasteiger partial charge in [0.15, 0.2) is 0 Å². The molecule has 0 amide bonds. The topological polar surface area (TPSA) is 35.5 Å². The van der Waals surface area contributed by atoms with Gasteiger partial charge in [0.25, 0.3) is 0 Å². The molecular formula is C12H13BrO3. The quantitative estimate of drug-likeness (QED) is 0.801. The number of methoxy groups -OCH3 is 1. The molecule has 0 aliphatic heterocycles. The van der Waals surface area contributed by atoms with E-state index < -0.39 is 5.60 Å². The Morgan fingerprint density at radius 1 is 1.44 bits per heavy atom. The Morgan fingerprint density at radius 2 is 2.12 bits per heavy atom. The van der Waals surface area contributed by atoms with E-state index in [1.54, 1.807) is 0 Å². The summed E-state index contributed by atoms with van der Waals surface area (Å²) in [6, 6.07) is 5.81. The Labute approximate surface area is 103 Å². The highest BCUT2D eigenvalue weighted by Gasteiger charge is 2.54. The van der Waals surface area contributed by atoms with Crippen LogP contribution in [0.15, 0.2) is 22.7 Å². The minimum atomic E-state index is -0.745. The molecule has 0 spiro atoms. The molecule has 1 aromatic carbocycles. The Morgan fingerprint density at radius 3 is 2.69 bits per heavy atom. The minimum absolute atomic E-state index is 0.291. The normalized spacial score (nSPS) is 16.7. The van der Waals surface area contributed by atoms with Crippen LogP contribution in [0.3, 0.4) is 0 Å². The molecule has 1 fully saturated rings. The number of rotatable bonds is 3. The van der Waals surface area contributed by atoms with E-state index in [1.807, 2.05) is 25.1 Å². The predicted octanol–water partition coefficient (Wildman–Crippen LogP) is 2.84. The lowest BCUT2D eigenvalue weighted by molar-refractivity contribution is -0.151. The highest BCUT2D eigenvalue weighted by Crippen LogP contribution is 2.43. The third kappa shape index (κ3) is 2.07. The van der Waals surface area contributed by atoms with E-state index in [0.717, 1.165) is 22.9 Å². The summed E-state index contributed by atoms with van der Waals surface area (Å²) in [6.07, 6.45) is 1.44. The van der Waals surface area contributed by atoms with E-state index in [2.05, 4.69) is 15.9 Å². The van der Waals surface area contributed by atoms with Gasteiger partial charge in [-0.3, -0.25) is 0 Å². The van der Waals surface area contributed by atoms with E-state index in [4.69, 9.17) is 9.47 Å². The number of benzene rings is 1. The molecule has 1 aromatic rings. The van der Waals surface area contributed by atoms with Crippen molar-refractivity contribution in [1.82, 2.24) is 0 Å². The zero-order chi connectivity index (χ0) is 11.8. The van der Waals surface area contributed by atoms with Crippen molar-refractivity contribution in [3.05, 3.63) is 28.2 Å². The first kappa shape index (κ1) is 11.5. The van der Waals surface area contributed by atoms with Crippen LogP contribution >= 0.6 is 15.9 Å². The smallest absolute Gasteiger partial charge is 0.350 e. The zero-order valence-corrected chi connectivity index (χ0v) is 10.8. The van der Waals surface area contributed by atoms with E-state index in [0.29, 0.717) is 5.75 Å². The van der Waals surface area contributed by atoms with Gasteiger partial charge >= 0.3 is 5.97 Å². The van der Waals surface area contributed by atoms with Crippen LogP contribution in [0.25, 0.3) is 0 Å². The monoisotopic (exact) mass is 284 g/mol. The van der Waals surface area contributed by atoms with Crippen molar-refractivity contribution < 1.29 is 14.3 Å². The lowest BCUT2D eigenvalue weighted by Crippen LogP contribution is -2.30. The molecule has 1 aliphatic carbocycles. The maximum atomic E-state index is 11.5. The van der Waals surface area contributed by atoms with Gasteiger partial charge in [0.1, 0.15) is 5.75 Å². The fourth-order valence-corrected chi connectivity index (χ4v) is 1.87. The lowest BCUT2D eigenvalue weighted by Gasteiger charge is -2.16. The summed E-state index contributed by atoms with van der Waals surface area (Å²) < 4.78 is 11.4. The van der Waals surface area contributed by atoms with Crippen LogP contribution in [0.2, 0.25) is 0 Å². The SMILES string of the molecule is COC(=O)C1(Oc2cc(C)ccc2Br)CC1. The van der Waals surface area contributed by atoms with Gasteiger partial charge < -0.3 is 9.47 Å². The molecule has 0 heterocycles. The molecule has 2 rings (SSSR count). The van der Waals surface area contributed by atoms with Crippen molar-refractivity contribution >= 4 is 21.9 Å². The molecule has 3 nitrogen and oxygen atoms in total. The van der Waals surface area contributed by atoms with Crippen molar-refractivity contribution in [3.63, 3.8) is 0 Å². The number of carbonyl (C=O) groups excluding carboxylic acids is 1. The lowest BCUT2D eigenvalue weighted by atomic mass is 10.2. The molecule has 0 N–H and O–H groups in total. The van der Waals surface area contributed by atoms with Crippen molar-refractivity contribution in [2.45, 2.75) is 25.4 Å². The zero-order valence-electron chi connectivity index (χ0n) is 9.25. The number of hydrogen-bond donors (Lipinski definition) is 0. The summed E-state index contributed by atoms with van der Waals surface area (Å²) in [4.78, 5) is 11.5. The van der Waals surface area contributed by atoms with Gasteiger partial charge in [0.05, 0.1) is 11.6 Å². The van der Waals surface area contributed by atoms with Gasteiger partial charge in [-0.1, -0.05) is 6.07 Å². The average molecular weight is 285 g/mol. The van der Waals surface area contributed by atoms with Crippen LogP contribution < -0.4 is 4.74 Å². The second kappa shape index (κ2) is 4.09. The maximum Gasteiger partial charge on any atom is 0.350 e. The molecule has 0 atom stereocenters. The van der Waals surface area contributed by atoms with Crippen molar-refractivity contribution in [1.29, 1.82) is 0 Å². The Balaban J connectivity index is 2.21. The standard InChI is InChI=1S/C12H13BrO3/c1-8-3-4-9(13)10(7-8)16-12(5-6-12)11(14)15-2/h3-4,7H,5-6H2,1-2H3. The second-order valence-electron chi connectivity index (χ2n) is 4.02. The molecular weight excluding hydrogens is 272 g/mol. The molecule has 0 bridgehead atoms. The maximum absolute atomic E-state index is 11.5. The van der Waals surface area contributed by atoms with Crippen LogP contribution in [-0.2, 0) is 9.53 Å². The number of aryl methyl sites for hydroxylation is 1. The molecule has 0 radical (unpaired) electrons. The Kier molecular flexibility index (Phi) is 2.93. The average Bonchev–Trinajstić information content (AvgIpc) is 3.03. The van der Waals surface area contributed by atoms with Crippen LogP contribution in [0.5, 0.6) is 5.75 Å². The highest BCUT2D eigenvalue weighted by atomic mass is 79.9. The van der Waals surface area contributed by atoms with E-state index in [-0.39, 0.29) is 5.97 Å². The predicted molar refractivity (Wildman–Crippen MR) is 63.5 cm³/mol. The molecule has 0 saturated heterocycles. The third-order valence-corrected chi connectivity index (χ3v) is 3.31. The molecule has 0 aromatic heterocycles. The van der Waals surface area contributed by atoms with E-state index in [1.165, 1.54) is 7.11 Å². The summed E-state index contributed by atoms with van der Waals surface area (Å²) in [5.74, 6) is 0.406. The molecule has 86 valence electrons. The number of ether oxygens (including phenoxy) is 2. The molecule has 16 heavy (non-hydrogen) atoms. The number of esters is 1. The first-order valence-corrected chi connectivity index (χ1v) is 5.90. The first-order valence-electron chi connectivity index (χ1n) is 5.11. The molecule has 0 unspecified atom stereocenters. The summed E-state index contributed by atoms with van der Waals surface area (Å²) in [7, 11) is 1.39. The second-order valence-corrected chi connectivity index (χ2v) is 4.88. The summed E-state index contributed by atoms with van der Waals surface area (Å²) in [6.45, 7) is 1.98. The van der Waals surface area contributed by atoms with Crippen LogP contribution in [0.4, 0.5) is 0 Å². The first-order chi connectivity index (χ1) is 7.57. The molecule has 1 saturated carbocycles. The third-order valence-electron chi connectivity index (χ3n) is 2.65. The van der Waals surface area contributed by atoms with E-state index >= 15 is 0 Å². The fraction of sp³-hybridized carbons (Fsp3) is 0.417. The number of halogens is 1. The summed E-state index contributed by atoms with van der Waals surface area (Å²) in [5, 5.41) is 0. The van der Waals surface area contributed by atoms with Crippen molar-refractivity contribution in [3.8, 4) is 5.75 Å². The summed E-state index contributed by atoms with van der Waals surface area (Å²) >= 11 is 3.40. The number of carbonyl (C=O) groups is 1. The van der Waals surface area contributed by atoms with Crippen molar-refractivity contribution in [2.24, 2.45) is 0 Å². The number of hydrogen-bond acceptors (Lipinski definition) is 3. The highest BCUT2D eigenvalue weighted by molar-refractivity contribution is 9.10. The van der Waals surface area contributed by atoms with Crippen LogP contribution in [-0.4, -0.2) is 18.7 Å². The molecule has 1 aliphatic rings. The van der Waals surface area contributed by atoms with Crippen LogP contribution in [0, 0.1) is 6.92 Å². The largest absolute Gasteiger partial charge is 0.474 e. The Hall–Kier alpha value is -1.03. The summed E-state index contributed by atoms with van der Waals surface area (Å²) in [5.41, 5.74) is 0.351. The van der Waals surface area contributed by atoms with Gasteiger partial charge in [-0.05, 0) is 40.5 Å². The van der Waals surface area contributed by atoms with Gasteiger partial charge in [0.2, 0.25) is 5.60 Å². The Bertz CT molecular complexity index is 424. The van der Waals surface area contributed by atoms with Crippen LogP contribution in [0.1, 0.15) is 18.4 Å². The van der Waals surface area contributed by atoms with Crippen molar-refractivity contribution in [2.75, 3.05) is 7.11 Å². The van der Waals surface area contributed by atoms with Gasteiger partial charge in [-0.25, -0.2) is 4.79 Å². The fourth-order valence-electron chi connectivity index (χ4n) is 1.55. The van der Waals surface area contributed by atoms with E-state index in [9.17, 15) is 4.79 Å². The minimum Gasteiger partial charge on any atom is -0.474 e. The van der Waals surface area contributed by atoms with Gasteiger partial charge in [-0.2, -0.15) is 0 Å². The van der Waals surface area contributed by atoms with Gasteiger partial charge in [-0.15, -0.1) is 0 Å². The van der Waals surface area contributed by atoms with Gasteiger partial charge in [0, 0.05) is 12.8 Å². The molecule has 4 heteroatoms.